The van der Waals surface area contributed by atoms with Gasteiger partial charge in [-0.05, 0) is 83.1 Å². The molecule has 1 amide bonds. The minimum Gasteiger partial charge on any atom is -0.756 e. The van der Waals surface area contributed by atoms with Gasteiger partial charge in [0.05, 0.1) is 33.8 Å². The van der Waals surface area contributed by atoms with E-state index in [-0.39, 0.29) is 31.5 Å². The Hall–Kier alpha value is -1.77. The quantitative estimate of drug-likeness (QED) is 0.0212. The predicted octanol–water partition coefficient (Wildman–Crippen LogP) is 21.6. The Morgan fingerprint density at radius 3 is 1.05 bits per heavy atom. The Labute approximate surface area is 504 Å². The average molecular weight is 1160 g/mol. The second-order valence-corrected chi connectivity index (χ2v) is 26.8. The Kier molecular flexibility index (Phi) is 60.0. The molecule has 0 radical (unpaired) electrons. The number of ether oxygens (including phenoxy) is 1. The highest BCUT2D eigenvalue weighted by molar-refractivity contribution is 7.45. The summed E-state index contributed by atoms with van der Waals surface area (Å²) < 4.78 is 30.4. The van der Waals surface area contributed by atoms with E-state index in [4.69, 9.17) is 13.8 Å². The highest BCUT2D eigenvalue weighted by Gasteiger charge is 2.27. The van der Waals surface area contributed by atoms with Crippen LogP contribution in [0.4, 0.5) is 0 Å². The zero-order valence-electron chi connectivity index (χ0n) is 54.8. The molecule has 0 aliphatic rings. The number of likely N-dealkylation sites (N-methyl/N-ethyl adjacent to an activating group) is 1. The van der Waals surface area contributed by atoms with Gasteiger partial charge in [-0.1, -0.05) is 295 Å². The Morgan fingerprint density at radius 2 is 0.716 bits per heavy atom. The molecule has 478 valence electrons. The molecule has 0 saturated heterocycles. The van der Waals surface area contributed by atoms with Crippen molar-refractivity contribution < 1.29 is 37.3 Å². The Morgan fingerprint density at radius 1 is 0.420 bits per heavy atom. The summed E-state index contributed by atoms with van der Waals surface area (Å²) >= 11 is 0. The largest absolute Gasteiger partial charge is 0.756 e. The lowest BCUT2D eigenvalue weighted by Crippen LogP contribution is -2.47. The maximum Gasteiger partial charge on any atom is 0.306 e. The molecule has 10 heteroatoms. The highest BCUT2D eigenvalue weighted by Crippen LogP contribution is 2.38. The number of phosphoric ester groups is 1. The molecule has 9 nitrogen and oxygen atoms in total. The van der Waals surface area contributed by atoms with Crippen molar-refractivity contribution in [2.75, 3.05) is 40.9 Å². The topological polar surface area (TPSA) is 114 Å². The molecule has 0 saturated carbocycles. The van der Waals surface area contributed by atoms with Crippen LogP contribution in [-0.2, 0) is 27.9 Å². The first-order valence-electron chi connectivity index (χ1n) is 35.3. The van der Waals surface area contributed by atoms with Gasteiger partial charge in [-0.15, -0.1) is 0 Å². The number of nitrogens with zero attached hydrogens (tertiary/aromatic N) is 1. The summed E-state index contributed by atoms with van der Waals surface area (Å²) in [5.41, 5.74) is 0. The molecule has 0 aromatic carbocycles. The summed E-state index contributed by atoms with van der Waals surface area (Å²) in [5, 5.41) is 3.05. The van der Waals surface area contributed by atoms with Gasteiger partial charge in [-0.3, -0.25) is 14.2 Å². The summed E-state index contributed by atoms with van der Waals surface area (Å²) in [6.07, 6.45) is 75.5. The minimum absolute atomic E-state index is 0.0204. The SMILES string of the molecule is CCCCCCCC/C=C/CCCCCCCCCCCCCCCCCC(=O)NC(COP(=O)([O-])OCC[N+](C)(C)C)C(/C=C\CCCCCCCCCCCCC)OC(=O)CCCCCCCCC/C=C/CCCCCCCC. The fraction of sp³-hybridized carbons (Fsp3) is 0.887. The molecule has 0 aromatic heterocycles. The van der Waals surface area contributed by atoms with E-state index in [1.807, 2.05) is 33.3 Å². The number of carbonyl (C=O) groups is 2. The van der Waals surface area contributed by atoms with Gasteiger partial charge >= 0.3 is 5.97 Å². The molecular weight excluding hydrogens is 1020 g/mol. The van der Waals surface area contributed by atoms with Crippen LogP contribution in [0.3, 0.4) is 0 Å². The van der Waals surface area contributed by atoms with E-state index in [9.17, 15) is 19.0 Å². The van der Waals surface area contributed by atoms with Crippen molar-refractivity contribution in [1.82, 2.24) is 5.32 Å². The standard InChI is InChI=1S/C71H137N2O7P/c1-7-10-13-16-19-22-25-28-30-32-33-34-35-36-37-38-39-41-42-45-48-51-54-57-60-63-70(74)72-68(67-79-81(76,77)78-66-65-73(4,5)6)69(62-59-56-53-50-47-44-27-24-21-18-15-12-9-3)80-71(75)64-61-58-55-52-49-46-43-40-31-29-26-23-20-17-14-11-8-2/h28-31,59,62,68-69H,7-27,32-58,60-61,63-67H2,1-6H3,(H-,72,74,76,77)/b30-28+,31-29+,62-59-. The highest BCUT2D eigenvalue weighted by atomic mass is 31.2. The summed E-state index contributed by atoms with van der Waals surface area (Å²) in [5.74, 6) is -0.528. The van der Waals surface area contributed by atoms with Crippen molar-refractivity contribution in [3.05, 3.63) is 36.5 Å². The third-order valence-electron chi connectivity index (χ3n) is 16.0. The van der Waals surface area contributed by atoms with Crippen molar-refractivity contribution in [2.24, 2.45) is 0 Å². The van der Waals surface area contributed by atoms with E-state index in [1.165, 1.54) is 250 Å². The molecule has 0 aliphatic carbocycles. The summed E-state index contributed by atoms with van der Waals surface area (Å²) in [6.45, 7) is 6.89. The van der Waals surface area contributed by atoms with Crippen molar-refractivity contribution >= 4 is 19.7 Å². The molecule has 0 rings (SSSR count). The van der Waals surface area contributed by atoms with Gasteiger partial charge in [0.2, 0.25) is 5.91 Å². The van der Waals surface area contributed by atoms with E-state index in [2.05, 4.69) is 50.4 Å². The molecule has 0 aromatic rings. The molecule has 81 heavy (non-hydrogen) atoms. The van der Waals surface area contributed by atoms with E-state index in [0.29, 0.717) is 17.4 Å². The third-order valence-corrected chi connectivity index (χ3v) is 17.0. The molecule has 0 heterocycles. The second-order valence-electron chi connectivity index (χ2n) is 25.4. The summed E-state index contributed by atoms with van der Waals surface area (Å²) in [4.78, 5) is 40.2. The van der Waals surface area contributed by atoms with Gasteiger partial charge in [-0.2, -0.15) is 0 Å². The first-order valence-corrected chi connectivity index (χ1v) is 36.8. The number of esters is 1. The summed E-state index contributed by atoms with van der Waals surface area (Å²) in [7, 11) is 1.20. The van der Waals surface area contributed by atoms with Crippen LogP contribution in [0.5, 0.6) is 0 Å². The zero-order valence-corrected chi connectivity index (χ0v) is 55.7. The Balaban J connectivity index is 5.07. The maximum atomic E-state index is 13.6. The fourth-order valence-electron chi connectivity index (χ4n) is 10.6. The number of amides is 1. The molecule has 3 atom stereocenters. The van der Waals surface area contributed by atoms with Gasteiger partial charge in [0, 0.05) is 12.8 Å². The first kappa shape index (κ1) is 79.2. The van der Waals surface area contributed by atoms with Gasteiger partial charge in [0.1, 0.15) is 19.3 Å². The normalized spacial score (nSPS) is 13.7. The van der Waals surface area contributed by atoms with Gasteiger partial charge in [0.15, 0.2) is 0 Å². The molecule has 0 bridgehead atoms. The third kappa shape index (κ3) is 62.6. The van der Waals surface area contributed by atoms with Crippen LogP contribution in [0, 0.1) is 0 Å². The van der Waals surface area contributed by atoms with Crippen molar-refractivity contribution in [2.45, 2.75) is 367 Å². The molecular formula is C71H137N2O7P. The number of hydrogen-bond donors (Lipinski definition) is 1. The van der Waals surface area contributed by atoms with Gasteiger partial charge in [-0.25, -0.2) is 0 Å². The van der Waals surface area contributed by atoms with Gasteiger partial charge in [0.25, 0.3) is 7.82 Å². The first-order chi connectivity index (χ1) is 39.4. The lowest BCUT2D eigenvalue weighted by molar-refractivity contribution is -0.870. The fourth-order valence-corrected chi connectivity index (χ4v) is 11.3. The number of allylic oxidation sites excluding steroid dienone is 5. The molecule has 0 fully saturated rings. The molecule has 0 spiro atoms. The van der Waals surface area contributed by atoms with E-state index < -0.39 is 20.0 Å². The molecule has 1 N–H and O–H groups in total. The maximum absolute atomic E-state index is 13.6. The van der Waals surface area contributed by atoms with Crippen molar-refractivity contribution in [3.8, 4) is 0 Å². The smallest absolute Gasteiger partial charge is 0.306 e. The number of quaternary nitrogens is 1. The van der Waals surface area contributed by atoms with Crippen molar-refractivity contribution in [1.29, 1.82) is 0 Å². The lowest BCUT2D eigenvalue weighted by atomic mass is 10.0. The zero-order chi connectivity index (χ0) is 59.3. The van der Waals surface area contributed by atoms with E-state index in [0.717, 1.165) is 70.6 Å². The second kappa shape index (κ2) is 61.3. The molecule has 0 aliphatic heterocycles. The van der Waals surface area contributed by atoms with Gasteiger partial charge < -0.3 is 28.5 Å². The van der Waals surface area contributed by atoms with Crippen LogP contribution >= 0.6 is 7.82 Å². The molecule has 3 unspecified atom stereocenters. The minimum atomic E-state index is -4.70. The van der Waals surface area contributed by atoms with E-state index in [1.54, 1.807) is 0 Å². The average Bonchev–Trinajstić information content (AvgIpc) is 3.44. The monoisotopic (exact) mass is 1160 g/mol. The number of phosphoric acid groups is 1. The van der Waals surface area contributed by atoms with Crippen LogP contribution in [0.2, 0.25) is 0 Å². The number of rotatable bonds is 65. The van der Waals surface area contributed by atoms with Crippen LogP contribution in [-0.4, -0.2) is 69.4 Å². The number of hydrogen-bond acceptors (Lipinski definition) is 7. The number of unbranched alkanes of at least 4 members (excludes halogenated alkanes) is 45. The lowest BCUT2D eigenvalue weighted by Gasteiger charge is -2.30. The Bertz CT molecular complexity index is 1480. The summed E-state index contributed by atoms with van der Waals surface area (Å²) in [6, 6.07) is -0.887. The van der Waals surface area contributed by atoms with Crippen LogP contribution in [0.25, 0.3) is 0 Å². The number of nitrogens with one attached hydrogen (secondary N) is 1. The van der Waals surface area contributed by atoms with Crippen molar-refractivity contribution in [3.63, 3.8) is 0 Å². The van der Waals surface area contributed by atoms with E-state index >= 15 is 0 Å². The van der Waals surface area contributed by atoms with Crippen LogP contribution < -0.4 is 10.2 Å². The van der Waals surface area contributed by atoms with Crippen LogP contribution in [0.1, 0.15) is 355 Å². The van der Waals surface area contributed by atoms with Crippen LogP contribution in [0.15, 0.2) is 36.5 Å². The predicted molar refractivity (Wildman–Crippen MR) is 349 cm³/mol. The number of carbonyl (C=O) groups excluding carboxylic acids is 2.